The van der Waals surface area contributed by atoms with Crippen LogP contribution in [0.3, 0.4) is 0 Å². The second-order valence-electron chi connectivity index (χ2n) is 6.01. The summed E-state index contributed by atoms with van der Waals surface area (Å²) in [7, 11) is 0. The average Bonchev–Trinajstić information content (AvgIpc) is 2.47. The molecule has 0 atom stereocenters. The van der Waals surface area contributed by atoms with Crippen molar-refractivity contribution in [1.29, 1.82) is 0 Å². The van der Waals surface area contributed by atoms with Crippen LogP contribution in [-0.4, -0.2) is 5.96 Å². The van der Waals surface area contributed by atoms with E-state index in [1.54, 1.807) is 0 Å². The van der Waals surface area contributed by atoms with Crippen molar-refractivity contribution in [1.82, 2.24) is 0 Å². The number of benzene rings is 2. The van der Waals surface area contributed by atoms with Crippen LogP contribution < -0.4 is 11.1 Å². The molecule has 23 heavy (non-hydrogen) atoms. The predicted molar refractivity (Wildman–Crippen MR) is 103 cm³/mol. The van der Waals surface area contributed by atoms with Crippen molar-refractivity contribution < 1.29 is 0 Å². The summed E-state index contributed by atoms with van der Waals surface area (Å²) >= 11 is 0. The molecule has 2 aromatic rings. The third-order valence-electron chi connectivity index (χ3n) is 4.40. The molecular weight excluding hydrogens is 350 g/mol. The van der Waals surface area contributed by atoms with Gasteiger partial charge in [-0.2, -0.15) is 0 Å². The molecule has 1 aliphatic rings. The van der Waals surface area contributed by atoms with Crippen LogP contribution in [0.5, 0.6) is 0 Å². The van der Waals surface area contributed by atoms with E-state index < -0.39 is 0 Å². The first-order chi connectivity index (χ1) is 10.7. The molecule has 0 aliphatic heterocycles. The molecular formula is C19H24BrN3. The third-order valence-corrected chi connectivity index (χ3v) is 4.40. The van der Waals surface area contributed by atoms with Crippen molar-refractivity contribution in [3.05, 3.63) is 65.2 Å². The maximum atomic E-state index is 5.97. The highest BCUT2D eigenvalue weighted by molar-refractivity contribution is 8.93. The number of guanidine groups is 1. The standard InChI is InChI=1S/C19H23N3.BrH/c1-14-5-2-3-8-18(14)22-19(20)21-13-15-9-11-17(12-10-15)16-6-4-7-16;/h2-3,5,8-12,16H,4,6-7,13H2,1H3,(H3,20,21,22);1H. The van der Waals surface area contributed by atoms with Gasteiger partial charge in [0, 0.05) is 5.69 Å². The van der Waals surface area contributed by atoms with Gasteiger partial charge in [0.1, 0.15) is 0 Å². The summed E-state index contributed by atoms with van der Waals surface area (Å²) in [6, 6.07) is 16.9. The lowest BCUT2D eigenvalue weighted by Gasteiger charge is -2.25. The Balaban J connectivity index is 0.00000192. The first kappa shape index (κ1) is 17.5. The van der Waals surface area contributed by atoms with Gasteiger partial charge in [-0.25, -0.2) is 4.99 Å². The van der Waals surface area contributed by atoms with Crippen molar-refractivity contribution in [3.63, 3.8) is 0 Å². The van der Waals surface area contributed by atoms with E-state index in [9.17, 15) is 0 Å². The Morgan fingerprint density at radius 3 is 2.43 bits per heavy atom. The number of nitrogens with one attached hydrogen (secondary N) is 1. The summed E-state index contributed by atoms with van der Waals surface area (Å²) in [4.78, 5) is 4.42. The van der Waals surface area contributed by atoms with Crippen LogP contribution in [0.4, 0.5) is 5.69 Å². The second-order valence-corrected chi connectivity index (χ2v) is 6.01. The highest BCUT2D eigenvalue weighted by Gasteiger charge is 2.18. The molecule has 1 fully saturated rings. The summed E-state index contributed by atoms with van der Waals surface area (Å²) in [5.74, 6) is 1.24. The number of anilines is 1. The zero-order valence-electron chi connectivity index (χ0n) is 13.5. The SMILES string of the molecule is Br.Cc1ccccc1NC(N)=NCc1ccc(C2CCC2)cc1. The van der Waals surface area contributed by atoms with Crippen molar-refractivity contribution in [2.75, 3.05) is 5.32 Å². The van der Waals surface area contributed by atoms with Crippen molar-refractivity contribution in [2.24, 2.45) is 10.7 Å². The Morgan fingerprint density at radius 2 is 1.83 bits per heavy atom. The van der Waals surface area contributed by atoms with Crippen molar-refractivity contribution in [2.45, 2.75) is 38.6 Å². The van der Waals surface area contributed by atoms with E-state index in [0.29, 0.717) is 12.5 Å². The Kier molecular flexibility index (Phi) is 6.22. The second kappa shape index (κ2) is 8.16. The molecule has 0 amide bonds. The molecule has 3 rings (SSSR count). The van der Waals surface area contributed by atoms with Gasteiger partial charge in [0.25, 0.3) is 0 Å². The van der Waals surface area contributed by atoms with Gasteiger partial charge in [-0.3, -0.25) is 0 Å². The Labute approximate surface area is 148 Å². The zero-order valence-corrected chi connectivity index (χ0v) is 15.2. The number of hydrogen-bond donors (Lipinski definition) is 2. The van der Waals surface area contributed by atoms with E-state index in [-0.39, 0.29) is 17.0 Å². The molecule has 0 spiro atoms. The fourth-order valence-electron chi connectivity index (χ4n) is 2.70. The molecule has 0 heterocycles. The summed E-state index contributed by atoms with van der Waals surface area (Å²) < 4.78 is 0. The number of para-hydroxylation sites is 1. The average molecular weight is 374 g/mol. The Hall–Kier alpha value is -1.81. The number of nitrogens with two attached hydrogens (primary N) is 1. The number of aliphatic imine (C=N–C) groups is 1. The maximum Gasteiger partial charge on any atom is 0.193 e. The molecule has 4 heteroatoms. The Bertz CT molecular complexity index is 661. The molecule has 0 aromatic heterocycles. The third kappa shape index (κ3) is 4.58. The normalized spacial score (nSPS) is 14.7. The van der Waals surface area contributed by atoms with Crippen LogP contribution in [0, 0.1) is 6.92 Å². The van der Waals surface area contributed by atoms with Crippen LogP contribution in [0.25, 0.3) is 0 Å². The predicted octanol–water partition coefficient (Wildman–Crippen LogP) is 4.77. The summed E-state index contributed by atoms with van der Waals surface area (Å²) in [6.07, 6.45) is 4.05. The lowest BCUT2D eigenvalue weighted by atomic mass is 9.80. The highest BCUT2D eigenvalue weighted by atomic mass is 79.9. The van der Waals surface area contributed by atoms with Gasteiger partial charge >= 0.3 is 0 Å². The smallest absolute Gasteiger partial charge is 0.193 e. The first-order valence-corrected chi connectivity index (χ1v) is 7.94. The fraction of sp³-hybridized carbons (Fsp3) is 0.316. The van der Waals surface area contributed by atoms with Crippen LogP contribution in [0.2, 0.25) is 0 Å². The van der Waals surface area contributed by atoms with Gasteiger partial charge in [0.05, 0.1) is 6.54 Å². The summed E-state index contributed by atoms with van der Waals surface area (Å²) in [6.45, 7) is 2.66. The van der Waals surface area contributed by atoms with E-state index in [0.717, 1.165) is 17.2 Å². The molecule has 1 saturated carbocycles. The number of nitrogens with zero attached hydrogens (tertiary/aromatic N) is 1. The van der Waals surface area contributed by atoms with Crippen LogP contribution in [0.15, 0.2) is 53.5 Å². The molecule has 3 nitrogen and oxygen atoms in total. The summed E-state index contributed by atoms with van der Waals surface area (Å²) in [5, 5.41) is 3.16. The van der Waals surface area contributed by atoms with E-state index in [2.05, 4.69) is 47.6 Å². The minimum atomic E-state index is 0. The zero-order chi connectivity index (χ0) is 15.4. The molecule has 3 N–H and O–H groups in total. The fourth-order valence-corrected chi connectivity index (χ4v) is 2.70. The van der Waals surface area contributed by atoms with Gasteiger partial charge in [-0.15, -0.1) is 17.0 Å². The van der Waals surface area contributed by atoms with E-state index >= 15 is 0 Å². The Morgan fingerprint density at radius 1 is 1.13 bits per heavy atom. The minimum absolute atomic E-state index is 0. The topological polar surface area (TPSA) is 50.4 Å². The van der Waals surface area contributed by atoms with Crippen molar-refractivity contribution >= 4 is 28.6 Å². The monoisotopic (exact) mass is 373 g/mol. The molecule has 0 saturated heterocycles. The maximum absolute atomic E-state index is 5.97. The quantitative estimate of drug-likeness (QED) is 0.598. The highest BCUT2D eigenvalue weighted by Crippen LogP contribution is 2.36. The molecule has 0 radical (unpaired) electrons. The number of aryl methyl sites for hydroxylation is 1. The largest absolute Gasteiger partial charge is 0.370 e. The molecule has 0 unspecified atom stereocenters. The molecule has 1 aliphatic carbocycles. The van der Waals surface area contributed by atoms with Crippen LogP contribution >= 0.6 is 17.0 Å². The van der Waals surface area contributed by atoms with E-state index in [1.165, 1.54) is 30.4 Å². The van der Waals surface area contributed by atoms with Crippen molar-refractivity contribution in [3.8, 4) is 0 Å². The van der Waals surface area contributed by atoms with Crippen LogP contribution in [0.1, 0.15) is 41.9 Å². The molecule has 122 valence electrons. The van der Waals surface area contributed by atoms with Gasteiger partial charge < -0.3 is 11.1 Å². The first-order valence-electron chi connectivity index (χ1n) is 7.94. The van der Waals surface area contributed by atoms with Gasteiger partial charge in [0.15, 0.2) is 5.96 Å². The molecule has 2 aromatic carbocycles. The lowest BCUT2D eigenvalue weighted by molar-refractivity contribution is 0.419. The number of hydrogen-bond acceptors (Lipinski definition) is 1. The van der Waals surface area contributed by atoms with E-state index in [1.807, 2.05) is 18.2 Å². The van der Waals surface area contributed by atoms with Gasteiger partial charge in [-0.1, -0.05) is 48.9 Å². The minimum Gasteiger partial charge on any atom is -0.370 e. The van der Waals surface area contributed by atoms with E-state index in [4.69, 9.17) is 5.73 Å². The summed E-state index contributed by atoms with van der Waals surface area (Å²) in [5.41, 5.74) is 10.8. The van der Waals surface area contributed by atoms with Gasteiger partial charge in [-0.05, 0) is 48.4 Å². The lowest BCUT2D eigenvalue weighted by Crippen LogP contribution is -2.23. The van der Waals surface area contributed by atoms with Gasteiger partial charge in [0.2, 0.25) is 0 Å². The van der Waals surface area contributed by atoms with Crippen LogP contribution in [-0.2, 0) is 6.54 Å². The molecule has 0 bridgehead atoms. The number of halogens is 1. The number of rotatable bonds is 4.